The van der Waals surface area contributed by atoms with Crippen molar-refractivity contribution < 1.29 is 0 Å². The maximum atomic E-state index is 5.19. The van der Waals surface area contributed by atoms with E-state index in [2.05, 4.69) is 29.4 Å². The van der Waals surface area contributed by atoms with Crippen molar-refractivity contribution in [3.05, 3.63) is 12.2 Å². The lowest BCUT2D eigenvalue weighted by Crippen LogP contribution is -2.25. The molecule has 1 aromatic rings. The van der Waals surface area contributed by atoms with E-state index in [0.717, 1.165) is 25.3 Å². The Morgan fingerprint density at radius 1 is 1.62 bits per heavy atom. The Kier molecular flexibility index (Phi) is 3.85. The van der Waals surface area contributed by atoms with Gasteiger partial charge in [0, 0.05) is 19.5 Å². The number of aromatic nitrogens is 3. The van der Waals surface area contributed by atoms with Crippen LogP contribution in [0.4, 0.5) is 0 Å². The first-order chi connectivity index (χ1) is 6.24. The second-order valence-electron chi connectivity index (χ2n) is 3.46. The Balaban J connectivity index is 2.55. The van der Waals surface area contributed by atoms with Gasteiger partial charge in [0.25, 0.3) is 0 Å². The van der Waals surface area contributed by atoms with Gasteiger partial charge in [0.15, 0.2) is 0 Å². The van der Waals surface area contributed by atoms with Crippen molar-refractivity contribution in [1.82, 2.24) is 20.2 Å². The standard InChI is InChI=1S/C8H17N5/c1-7(2)5-13-8(3-4-11-9)10-6-12-13/h6-7,11H,3-5,9H2,1-2H3. The molecule has 1 heterocycles. The zero-order valence-electron chi connectivity index (χ0n) is 8.20. The second-order valence-corrected chi connectivity index (χ2v) is 3.46. The van der Waals surface area contributed by atoms with Crippen molar-refractivity contribution in [2.24, 2.45) is 11.8 Å². The lowest BCUT2D eigenvalue weighted by Gasteiger charge is -2.07. The molecule has 0 atom stereocenters. The summed E-state index contributed by atoms with van der Waals surface area (Å²) in [5, 5.41) is 4.15. The molecular weight excluding hydrogens is 166 g/mol. The molecule has 0 saturated heterocycles. The largest absolute Gasteiger partial charge is 0.271 e. The van der Waals surface area contributed by atoms with Crippen molar-refractivity contribution in [3.8, 4) is 0 Å². The number of nitrogens with zero attached hydrogens (tertiary/aromatic N) is 3. The van der Waals surface area contributed by atoms with E-state index < -0.39 is 0 Å². The van der Waals surface area contributed by atoms with Crippen LogP contribution in [0.15, 0.2) is 6.33 Å². The first-order valence-electron chi connectivity index (χ1n) is 4.54. The zero-order chi connectivity index (χ0) is 9.68. The molecule has 1 rings (SSSR count). The normalized spacial score (nSPS) is 11.1. The predicted molar refractivity (Wildman–Crippen MR) is 50.8 cm³/mol. The third-order valence-corrected chi connectivity index (χ3v) is 1.73. The number of rotatable bonds is 5. The fraction of sp³-hybridized carbons (Fsp3) is 0.750. The molecule has 0 aliphatic carbocycles. The summed E-state index contributed by atoms with van der Waals surface area (Å²) in [5.74, 6) is 6.77. The lowest BCUT2D eigenvalue weighted by atomic mass is 10.2. The summed E-state index contributed by atoms with van der Waals surface area (Å²) in [5.41, 5.74) is 2.61. The van der Waals surface area contributed by atoms with E-state index in [4.69, 9.17) is 5.84 Å². The van der Waals surface area contributed by atoms with Crippen LogP contribution in [0.3, 0.4) is 0 Å². The van der Waals surface area contributed by atoms with E-state index >= 15 is 0 Å². The summed E-state index contributed by atoms with van der Waals surface area (Å²) >= 11 is 0. The molecule has 0 aromatic carbocycles. The third-order valence-electron chi connectivity index (χ3n) is 1.73. The molecule has 0 aliphatic heterocycles. The molecule has 0 spiro atoms. The van der Waals surface area contributed by atoms with Crippen LogP contribution in [-0.4, -0.2) is 21.3 Å². The van der Waals surface area contributed by atoms with Crippen LogP contribution >= 0.6 is 0 Å². The minimum Gasteiger partial charge on any atom is -0.271 e. The lowest BCUT2D eigenvalue weighted by molar-refractivity contribution is 0.463. The summed E-state index contributed by atoms with van der Waals surface area (Å²) in [6.45, 7) is 5.97. The van der Waals surface area contributed by atoms with Gasteiger partial charge in [-0.1, -0.05) is 13.8 Å². The SMILES string of the molecule is CC(C)Cn1ncnc1CCNN. The van der Waals surface area contributed by atoms with Gasteiger partial charge in [-0.3, -0.25) is 11.3 Å². The van der Waals surface area contributed by atoms with E-state index in [0.29, 0.717) is 5.92 Å². The molecule has 5 nitrogen and oxygen atoms in total. The van der Waals surface area contributed by atoms with Gasteiger partial charge in [0.1, 0.15) is 12.2 Å². The Labute approximate surface area is 78.3 Å². The van der Waals surface area contributed by atoms with E-state index in [1.165, 1.54) is 0 Å². The van der Waals surface area contributed by atoms with E-state index in [1.54, 1.807) is 6.33 Å². The number of hydrazine groups is 1. The first kappa shape index (κ1) is 10.1. The Hall–Kier alpha value is -0.940. The molecule has 0 amide bonds. The van der Waals surface area contributed by atoms with E-state index in [-0.39, 0.29) is 0 Å². The molecule has 13 heavy (non-hydrogen) atoms. The molecule has 74 valence electrons. The summed E-state index contributed by atoms with van der Waals surface area (Å²) in [6, 6.07) is 0. The molecule has 0 radical (unpaired) electrons. The van der Waals surface area contributed by atoms with Gasteiger partial charge in [-0.15, -0.1) is 0 Å². The Bertz CT molecular complexity index is 242. The monoisotopic (exact) mass is 183 g/mol. The van der Waals surface area contributed by atoms with Crippen molar-refractivity contribution in [2.45, 2.75) is 26.8 Å². The van der Waals surface area contributed by atoms with Crippen LogP contribution in [0, 0.1) is 5.92 Å². The van der Waals surface area contributed by atoms with Gasteiger partial charge in [-0.25, -0.2) is 9.67 Å². The van der Waals surface area contributed by atoms with Gasteiger partial charge in [-0.05, 0) is 5.92 Å². The van der Waals surface area contributed by atoms with Crippen LogP contribution in [0.1, 0.15) is 19.7 Å². The molecule has 5 heteroatoms. The third kappa shape index (κ3) is 3.12. The predicted octanol–water partition coefficient (Wildman–Crippen LogP) is -0.0601. The molecule has 0 fully saturated rings. The van der Waals surface area contributed by atoms with Crippen molar-refractivity contribution in [2.75, 3.05) is 6.54 Å². The average molecular weight is 183 g/mol. The molecule has 0 unspecified atom stereocenters. The van der Waals surface area contributed by atoms with Gasteiger partial charge < -0.3 is 0 Å². The molecule has 0 bridgehead atoms. The number of nitrogens with two attached hydrogens (primary N) is 1. The highest BCUT2D eigenvalue weighted by Gasteiger charge is 2.04. The van der Waals surface area contributed by atoms with Gasteiger partial charge in [0.2, 0.25) is 0 Å². The average Bonchev–Trinajstić information content (AvgIpc) is 2.48. The quantitative estimate of drug-likeness (QED) is 0.495. The van der Waals surface area contributed by atoms with Gasteiger partial charge >= 0.3 is 0 Å². The molecule has 0 saturated carbocycles. The van der Waals surface area contributed by atoms with E-state index in [9.17, 15) is 0 Å². The van der Waals surface area contributed by atoms with Crippen LogP contribution in [0.5, 0.6) is 0 Å². The fourth-order valence-corrected chi connectivity index (χ4v) is 1.16. The van der Waals surface area contributed by atoms with Crippen LogP contribution in [0.2, 0.25) is 0 Å². The molecular formula is C8H17N5. The molecule has 1 aromatic heterocycles. The van der Waals surface area contributed by atoms with Crippen LogP contribution < -0.4 is 11.3 Å². The highest BCUT2D eigenvalue weighted by Crippen LogP contribution is 2.00. The summed E-state index contributed by atoms with van der Waals surface area (Å²) in [7, 11) is 0. The van der Waals surface area contributed by atoms with Gasteiger partial charge in [-0.2, -0.15) is 5.10 Å². The van der Waals surface area contributed by atoms with Crippen molar-refractivity contribution in [3.63, 3.8) is 0 Å². The maximum absolute atomic E-state index is 5.19. The highest BCUT2D eigenvalue weighted by molar-refractivity contribution is 4.85. The Morgan fingerprint density at radius 2 is 2.38 bits per heavy atom. The van der Waals surface area contributed by atoms with Crippen LogP contribution in [0.25, 0.3) is 0 Å². The number of hydrogen-bond donors (Lipinski definition) is 2. The fourth-order valence-electron chi connectivity index (χ4n) is 1.16. The van der Waals surface area contributed by atoms with E-state index in [1.807, 2.05) is 4.68 Å². The number of nitrogens with one attached hydrogen (secondary N) is 1. The minimum atomic E-state index is 0.589. The maximum Gasteiger partial charge on any atom is 0.138 e. The van der Waals surface area contributed by atoms with Gasteiger partial charge in [0.05, 0.1) is 0 Å². The molecule has 3 N–H and O–H groups in total. The highest BCUT2D eigenvalue weighted by atomic mass is 15.3. The minimum absolute atomic E-state index is 0.589. The van der Waals surface area contributed by atoms with Crippen molar-refractivity contribution >= 4 is 0 Å². The smallest absolute Gasteiger partial charge is 0.138 e. The van der Waals surface area contributed by atoms with Crippen LogP contribution in [-0.2, 0) is 13.0 Å². The zero-order valence-corrected chi connectivity index (χ0v) is 8.20. The van der Waals surface area contributed by atoms with Crippen molar-refractivity contribution in [1.29, 1.82) is 0 Å². The second kappa shape index (κ2) is 4.94. The summed E-state index contributed by atoms with van der Waals surface area (Å²) < 4.78 is 1.93. The number of hydrogen-bond acceptors (Lipinski definition) is 4. The summed E-state index contributed by atoms with van der Waals surface area (Å²) in [6.07, 6.45) is 2.41. The molecule has 0 aliphatic rings. The topological polar surface area (TPSA) is 68.8 Å². The Morgan fingerprint density at radius 3 is 3.00 bits per heavy atom. The first-order valence-corrected chi connectivity index (χ1v) is 4.54. The summed E-state index contributed by atoms with van der Waals surface area (Å²) in [4.78, 5) is 4.16.